The molecule has 0 atom stereocenters. The molecular weight excluding hydrogens is 363 g/mol. The zero-order valence-electron chi connectivity index (χ0n) is 13.9. The highest BCUT2D eigenvalue weighted by atomic mass is 19.4. The van der Waals surface area contributed by atoms with Crippen LogP contribution < -0.4 is 14.8 Å². The number of hydrogen-bond acceptors (Lipinski definition) is 4. The third kappa shape index (κ3) is 3.53. The summed E-state index contributed by atoms with van der Waals surface area (Å²) in [4.78, 5) is 12.3. The van der Waals surface area contributed by atoms with Gasteiger partial charge in [-0.15, -0.1) is 0 Å². The van der Waals surface area contributed by atoms with Gasteiger partial charge in [-0.3, -0.25) is 9.89 Å². The van der Waals surface area contributed by atoms with Gasteiger partial charge in [0.15, 0.2) is 17.3 Å². The predicted octanol–water partition coefficient (Wildman–Crippen LogP) is 3.53. The number of nitrogens with zero attached hydrogens (tertiary/aromatic N) is 1. The highest BCUT2D eigenvalue weighted by Crippen LogP contribution is 2.33. The number of benzene rings is 2. The molecular formula is C18H14F3N3O3. The van der Waals surface area contributed by atoms with Crippen molar-refractivity contribution in [1.29, 1.82) is 0 Å². The topological polar surface area (TPSA) is 76.2 Å². The van der Waals surface area contributed by atoms with Crippen LogP contribution in [0.25, 0.3) is 10.9 Å². The van der Waals surface area contributed by atoms with E-state index in [1.54, 1.807) is 18.2 Å². The number of nitrogens with one attached hydrogen (secondary N) is 2. The lowest BCUT2D eigenvalue weighted by Gasteiger charge is -2.18. The van der Waals surface area contributed by atoms with Gasteiger partial charge in [-0.25, -0.2) is 0 Å². The number of alkyl halides is 3. The van der Waals surface area contributed by atoms with Gasteiger partial charge in [-0.2, -0.15) is 18.3 Å². The number of ether oxygens (including phenoxy) is 2. The number of amides is 1. The van der Waals surface area contributed by atoms with Crippen LogP contribution in [0.4, 0.5) is 19.0 Å². The Kier molecular flexibility index (Phi) is 4.14. The molecule has 0 saturated carbocycles. The minimum absolute atomic E-state index is 0.0611. The van der Waals surface area contributed by atoms with Crippen LogP contribution in [0.5, 0.6) is 11.5 Å². The highest BCUT2D eigenvalue weighted by molar-refractivity contribution is 6.00. The van der Waals surface area contributed by atoms with Crippen molar-refractivity contribution in [2.75, 3.05) is 18.5 Å². The average Bonchev–Trinajstić information content (AvgIpc) is 3.03. The number of halogens is 3. The molecule has 0 spiro atoms. The Morgan fingerprint density at radius 2 is 1.89 bits per heavy atom. The van der Waals surface area contributed by atoms with Crippen molar-refractivity contribution in [2.24, 2.45) is 0 Å². The first kappa shape index (κ1) is 17.2. The maximum atomic E-state index is 12.8. The van der Waals surface area contributed by atoms with E-state index in [4.69, 9.17) is 9.47 Å². The summed E-state index contributed by atoms with van der Waals surface area (Å²) in [6.07, 6.45) is -4.38. The van der Waals surface area contributed by atoms with E-state index in [0.29, 0.717) is 30.1 Å². The molecule has 1 aromatic heterocycles. The Hall–Kier alpha value is -3.23. The van der Waals surface area contributed by atoms with Crippen molar-refractivity contribution in [3.05, 3.63) is 47.5 Å². The molecule has 1 aliphatic rings. The van der Waals surface area contributed by atoms with Crippen molar-refractivity contribution in [3.63, 3.8) is 0 Å². The van der Waals surface area contributed by atoms with Crippen molar-refractivity contribution in [3.8, 4) is 11.5 Å². The summed E-state index contributed by atoms with van der Waals surface area (Å²) in [5, 5.41) is 9.43. The third-order valence-electron chi connectivity index (χ3n) is 4.12. The number of carbonyl (C=O) groups is 1. The van der Waals surface area contributed by atoms with Crippen LogP contribution in [0.3, 0.4) is 0 Å². The predicted molar refractivity (Wildman–Crippen MR) is 90.9 cm³/mol. The lowest BCUT2D eigenvalue weighted by molar-refractivity contribution is -0.137. The first-order valence-electron chi connectivity index (χ1n) is 8.14. The van der Waals surface area contributed by atoms with Gasteiger partial charge in [0.05, 0.1) is 17.5 Å². The standard InChI is InChI=1S/C18H14F3N3O3/c19-18(20,21)11-2-3-12-13(9-11)23-24-17(12)22-16(25)8-10-1-4-14-15(7-10)27-6-5-26-14/h1-4,7,9H,5-6,8H2,(H2,22,23,24,25). The van der Waals surface area contributed by atoms with Crippen LogP contribution in [-0.4, -0.2) is 29.3 Å². The second-order valence-electron chi connectivity index (χ2n) is 6.03. The molecule has 2 N–H and O–H groups in total. The first-order chi connectivity index (χ1) is 12.9. The molecule has 6 nitrogen and oxygen atoms in total. The fourth-order valence-electron chi connectivity index (χ4n) is 2.85. The molecule has 3 aromatic rings. The molecule has 0 fully saturated rings. The number of rotatable bonds is 3. The molecule has 1 amide bonds. The molecule has 0 bridgehead atoms. The monoisotopic (exact) mass is 377 g/mol. The summed E-state index contributed by atoms with van der Waals surface area (Å²) in [7, 11) is 0. The van der Waals surface area contributed by atoms with Gasteiger partial charge >= 0.3 is 6.18 Å². The quantitative estimate of drug-likeness (QED) is 0.732. The summed E-state index contributed by atoms with van der Waals surface area (Å²) in [5.74, 6) is 1.04. The molecule has 4 rings (SSSR count). The number of aromatic nitrogens is 2. The van der Waals surface area contributed by atoms with Crippen LogP contribution in [0.1, 0.15) is 11.1 Å². The van der Waals surface area contributed by atoms with Gasteiger partial charge in [-0.1, -0.05) is 6.07 Å². The van der Waals surface area contributed by atoms with E-state index < -0.39 is 11.7 Å². The molecule has 1 aliphatic heterocycles. The maximum absolute atomic E-state index is 12.8. The minimum atomic E-state index is -4.44. The minimum Gasteiger partial charge on any atom is -0.486 e. The smallest absolute Gasteiger partial charge is 0.416 e. The third-order valence-corrected chi connectivity index (χ3v) is 4.12. The second-order valence-corrected chi connectivity index (χ2v) is 6.03. The van der Waals surface area contributed by atoms with Gasteiger partial charge in [0.2, 0.25) is 5.91 Å². The van der Waals surface area contributed by atoms with Crippen LogP contribution in [-0.2, 0) is 17.4 Å². The molecule has 0 radical (unpaired) electrons. The Morgan fingerprint density at radius 1 is 1.11 bits per heavy atom. The lowest BCUT2D eigenvalue weighted by atomic mass is 10.1. The summed E-state index contributed by atoms with van der Waals surface area (Å²) >= 11 is 0. The normalized spacial score (nSPS) is 13.6. The molecule has 9 heteroatoms. The Balaban J connectivity index is 1.50. The highest BCUT2D eigenvalue weighted by Gasteiger charge is 2.30. The molecule has 2 heterocycles. The Labute approximate surface area is 151 Å². The lowest BCUT2D eigenvalue weighted by Crippen LogP contribution is -2.17. The largest absolute Gasteiger partial charge is 0.486 e. The maximum Gasteiger partial charge on any atom is 0.416 e. The summed E-state index contributed by atoms with van der Waals surface area (Å²) < 4.78 is 49.2. The number of fused-ring (bicyclic) bond motifs is 2. The number of anilines is 1. The van der Waals surface area contributed by atoms with Crippen molar-refractivity contribution >= 4 is 22.6 Å². The molecule has 0 unspecified atom stereocenters. The second kappa shape index (κ2) is 6.49. The Bertz CT molecular complexity index is 1010. The zero-order valence-corrected chi connectivity index (χ0v) is 13.9. The van der Waals surface area contributed by atoms with E-state index in [0.717, 1.165) is 17.7 Å². The van der Waals surface area contributed by atoms with Crippen LogP contribution in [0, 0.1) is 0 Å². The van der Waals surface area contributed by atoms with Gasteiger partial charge in [0, 0.05) is 5.39 Å². The van der Waals surface area contributed by atoms with E-state index in [1.807, 2.05) is 0 Å². The van der Waals surface area contributed by atoms with E-state index in [9.17, 15) is 18.0 Å². The summed E-state index contributed by atoms with van der Waals surface area (Å²) in [6.45, 7) is 0.928. The molecule has 27 heavy (non-hydrogen) atoms. The Morgan fingerprint density at radius 3 is 2.67 bits per heavy atom. The SMILES string of the molecule is O=C(Cc1ccc2c(c1)OCCO2)Nc1n[nH]c2cc(C(F)(F)F)ccc12. The fourth-order valence-corrected chi connectivity index (χ4v) is 2.85. The van der Waals surface area contributed by atoms with Crippen LogP contribution >= 0.6 is 0 Å². The molecule has 140 valence electrons. The van der Waals surface area contributed by atoms with Gasteiger partial charge in [0.1, 0.15) is 13.2 Å². The fraction of sp³-hybridized carbons (Fsp3) is 0.222. The van der Waals surface area contributed by atoms with Crippen molar-refractivity contribution in [2.45, 2.75) is 12.6 Å². The van der Waals surface area contributed by atoms with Crippen LogP contribution in [0.15, 0.2) is 36.4 Å². The van der Waals surface area contributed by atoms with Gasteiger partial charge in [-0.05, 0) is 35.9 Å². The van der Waals surface area contributed by atoms with Crippen LogP contribution in [0.2, 0.25) is 0 Å². The van der Waals surface area contributed by atoms with E-state index in [2.05, 4.69) is 15.5 Å². The summed E-state index contributed by atoms with van der Waals surface area (Å²) in [5.41, 5.74) is 0.128. The van der Waals surface area contributed by atoms with Crippen molar-refractivity contribution in [1.82, 2.24) is 10.2 Å². The van der Waals surface area contributed by atoms with E-state index in [-0.39, 0.29) is 23.7 Å². The summed E-state index contributed by atoms with van der Waals surface area (Å²) in [6, 6.07) is 8.41. The van der Waals surface area contributed by atoms with E-state index in [1.165, 1.54) is 6.07 Å². The number of aromatic amines is 1. The molecule has 0 aliphatic carbocycles. The van der Waals surface area contributed by atoms with E-state index >= 15 is 0 Å². The van der Waals surface area contributed by atoms with Gasteiger partial charge < -0.3 is 14.8 Å². The molecule has 0 saturated heterocycles. The zero-order chi connectivity index (χ0) is 19.0. The van der Waals surface area contributed by atoms with Crippen molar-refractivity contribution < 1.29 is 27.4 Å². The average molecular weight is 377 g/mol. The van der Waals surface area contributed by atoms with Gasteiger partial charge in [0.25, 0.3) is 0 Å². The molecule has 2 aromatic carbocycles. The first-order valence-corrected chi connectivity index (χ1v) is 8.14. The number of carbonyl (C=O) groups excluding carboxylic acids is 1. The number of H-pyrrole nitrogens is 1. The number of hydrogen-bond donors (Lipinski definition) is 2.